The van der Waals surface area contributed by atoms with Crippen LogP contribution < -0.4 is 10.9 Å². The molecule has 0 saturated carbocycles. The zero-order valence-electron chi connectivity index (χ0n) is 15.1. The van der Waals surface area contributed by atoms with Crippen LogP contribution in [0.25, 0.3) is 0 Å². The van der Waals surface area contributed by atoms with Crippen LogP contribution >= 0.6 is 11.3 Å². The molecular formula is C20H24N4OS. The average molecular weight is 369 g/mol. The summed E-state index contributed by atoms with van der Waals surface area (Å²) in [6, 6.07) is 14.3. The first kappa shape index (κ1) is 18.4. The van der Waals surface area contributed by atoms with Crippen molar-refractivity contribution in [2.45, 2.75) is 18.9 Å². The molecule has 2 heterocycles. The maximum Gasteiger partial charge on any atom is 0.274 e. The minimum Gasteiger partial charge on any atom is -0.354 e. The van der Waals surface area contributed by atoms with Crippen molar-refractivity contribution in [1.82, 2.24) is 14.9 Å². The van der Waals surface area contributed by atoms with Crippen LogP contribution in [-0.4, -0.2) is 41.5 Å². The van der Waals surface area contributed by atoms with Gasteiger partial charge in [0, 0.05) is 30.8 Å². The van der Waals surface area contributed by atoms with Crippen LogP contribution in [0.2, 0.25) is 0 Å². The van der Waals surface area contributed by atoms with Crippen LogP contribution in [0.5, 0.6) is 0 Å². The van der Waals surface area contributed by atoms with Crippen molar-refractivity contribution in [3.05, 3.63) is 80.4 Å². The van der Waals surface area contributed by atoms with Gasteiger partial charge in [-0.2, -0.15) is 16.3 Å². The fourth-order valence-corrected chi connectivity index (χ4v) is 3.51. The summed E-state index contributed by atoms with van der Waals surface area (Å²) in [5.74, 6) is 0.530. The molecule has 0 radical (unpaired) electrons. The average Bonchev–Trinajstić information content (AvgIpc) is 3.11. The number of H-pyrrole nitrogens is 1. The van der Waals surface area contributed by atoms with E-state index in [-0.39, 0.29) is 5.56 Å². The lowest BCUT2D eigenvalue weighted by Gasteiger charge is -2.25. The topological polar surface area (TPSA) is 61.0 Å². The van der Waals surface area contributed by atoms with Gasteiger partial charge in [-0.1, -0.05) is 30.3 Å². The second-order valence-electron chi connectivity index (χ2n) is 6.59. The maximum absolute atomic E-state index is 11.9. The molecule has 0 aliphatic rings. The van der Waals surface area contributed by atoms with Gasteiger partial charge in [0.25, 0.3) is 5.56 Å². The van der Waals surface area contributed by atoms with Gasteiger partial charge in [0.1, 0.15) is 0 Å². The Morgan fingerprint density at radius 3 is 2.69 bits per heavy atom. The maximum atomic E-state index is 11.9. The molecule has 0 saturated heterocycles. The summed E-state index contributed by atoms with van der Waals surface area (Å²) < 4.78 is 0. The first-order valence-corrected chi connectivity index (χ1v) is 9.60. The zero-order chi connectivity index (χ0) is 18.4. The number of nitrogens with zero attached hydrogens (tertiary/aromatic N) is 2. The molecule has 2 N–H and O–H groups in total. The third-order valence-electron chi connectivity index (χ3n) is 4.32. The van der Waals surface area contributed by atoms with Crippen LogP contribution in [0.1, 0.15) is 16.8 Å². The van der Waals surface area contributed by atoms with Gasteiger partial charge >= 0.3 is 0 Å². The predicted molar refractivity (Wildman–Crippen MR) is 108 cm³/mol. The van der Waals surface area contributed by atoms with Gasteiger partial charge in [-0.05, 0) is 48.5 Å². The molecule has 3 rings (SSSR count). The van der Waals surface area contributed by atoms with E-state index in [1.807, 2.05) is 11.4 Å². The Hall–Kier alpha value is -2.44. The van der Waals surface area contributed by atoms with Crippen molar-refractivity contribution < 1.29 is 0 Å². The van der Waals surface area contributed by atoms with Gasteiger partial charge < -0.3 is 15.2 Å². The highest BCUT2D eigenvalue weighted by atomic mass is 32.1. The zero-order valence-corrected chi connectivity index (χ0v) is 15.9. The number of thiophene rings is 1. The highest BCUT2D eigenvalue weighted by Gasteiger charge is 2.13. The lowest BCUT2D eigenvalue weighted by molar-refractivity contribution is 0.303. The van der Waals surface area contributed by atoms with Crippen LogP contribution in [-0.2, 0) is 12.8 Å². The number of benzene rings is 1. The van der Waals surface area contributed by atoms with Gasteiger partial charge in [-0.25, -0.2) is 0 Å². The minimum absolute atomic E-state index is 0.221. The van der Waals surface area contributed by atoms with Crippen LogP contribution in [0.4, 0.5) is 5.95 Å². The molecular weight excluding hydrogens is 344 g/mol. The summed E-state index contributed by atoms with van der Waals surface area (Å²) in [4.78, 5) is 21.4. The molecule has 0 aliphatic heterocycles. The molecule has 0 bridgehead atoms. The predicted octanol–water partition coefficient (Wildman–Crippen LogP) is 3.01. The third-order valence-corrected chi connectivity index (χ3v) is 5.05. The second-order valence-corrected chi connectivity index (χ2v) is 7.37. The number of hydrogen-bond acceptors (Lipinski definition) is 5. The highest BCUT2D eigenvalue weighted by molar-refractivity contribution is 7.07. The van der Waals surface area contributed by atoms with Crippen LogP contribution in [0, 0.1) is 0 Å². The molecule has 0 amide bonds. The van der Waals surface area contributed by atoms with E-state index in [2.05, 4.69) is 70.0 Å². The molecule has 0 spiro atoms. The van der Waals surface area contributed by atoms with Crippen molar-refractivity contribution >= 4 is 17.3 Å². The van der Waals surface area contributed by atoms with Crippen molar-refractivity contribution in [1.29, 1.82) is 0 Å². The van der Waals surface area contributed by atoms with Gasteiger partial charge in [-0.3, -0.25) is 4.79 Å². The van der Waals surface area contributed by atoms with Gasteiger partial charge in [-0.15, -0.1) is 0 Å². The summed E-state index contributed by atoms with van der Waals surface area (Å²) >= 11 is 1.66. The van der Waals surface area contributed by atoms with Crippen molar-refractivity contribution in [2.24, 2.45) is 0 Å². The number of rotatable bonds is 8. The van der Waals surface area contributed by atoms with Crippen LogP contribution in [0.3, 0.4) is 0 Å². The van der Waals surface area contributed by atoms with E-state index in [1.165, 1.54) is 11.1 Å². The SMILES string of the molecule is CN(C)[C@H](CNc1nc(=O)cc(Cc2ccsc2)[nH]1)Cc1ccccc1. The van der Waals surface area contributed by atoms with Crippen LogP contribution in [0.15, 0.2) is 58.0 Å². The first-order chi connectivity index (χ1) is 12.6. The van der Waals surface area contributed by atoms with Crippen molar-refractivity contribution in [3.63, 3.8) is 0 Å². The Bertz CT molecular complexity index is 859. The molecule has 5 nitrogen and oxygen atoms in total. The number of aromatic amines is 1. The lowest BCUT2D eigenvalue weighted by atomic mass is 10.1. The molecule has 0 aliphatic carbocycles. The monoisotopic (exact) mass is 368 g/mol. The van der Waals surface area contributed by atoms with Gasteiger partial charge in [0.2, 0.25) is 5.95 Å². The largest absolute Gasteiger partial charge is 0.354 e. The van der Waals surface area contributed by atoms with E-state index in [1.54, 1.807) is 17.4 Å². The third kappa shape index (κ3) is 5.28. The molecule has 0 fully saturated rings. The van der Waals surface area contributed by atoms with E-state index in [9.17, 15) is 4.79 Å². The quantitative estimate of drug-likeness (QED) is 0.642. The number of hydrogen-bond donors (Lipinski definition) is 2. The Morgan fingerprint density at radius 1 is 1.19 bits per heavy atom. The Kier molecular flexibility index (Phi) is 6.20. The van der Waals surface area contributed by atoms with Crippen molar-refractivity contribution in [2.75, 3.05) is 26.0 Å². The summed E-state index contributed by atoms with van der Waals surface area (Å²) in [5, 5.41) is 7.43. The number of aromatic nitrogens is 2. The smallest absolute Gasteiger partial charge is 0.274 e. The summed E-state index contributed by atoms with van der Waals surface area (Å²) in [6.07, 6.45) is 1.64. The van der Waals surface area contributed by atoms with E-state index in [4.69, 9.17) is 0 Å². The van der Waals surface area contributed by atoms with E-state index >= 15 is 0 Å². The minimum atomic E-state index is -0.221. The molecule has 3 aromatic rings. The van der Waals surface area contributed by atoms with Crippen molar-refractivity contribution in [3.8, 4) is 0 Å². The molecule has 2 aromatic heterocycles. The molecule has 0 unspecified atom stereocenters. The number of anilines is 1. The first-order valence-electron chi connectivity index (χ1n) is 8.65. The Labute approximate surface area is 157 Å². The molecule has 1 atom stereocenters. The Morgan fingerprint density at radius 2 is 2.00 bits per heavy atom. The number of nitrogens with one attached hydrogen (secondary N) is 2. The molecule has 136 valence electrons. The second kappa shape index (κ2) is 8.78. The lowest BCUT2D eigenvalue weighted by Crippen LogP contribution is -2.37. The van der Waals surface area contributed by atoms with E-state index in [0.717, 1.165) is 12.1 Å². The van der Waals surface area contributed by atoms with E-state index < -0.39 is 0 Å². The van der Waals surface area contributed by atoms with Gasteiger partial charge in [0.15, 0.2) is 0 Å². The molecule has 26 heavy (non-hydrogen) atoms. The Balaban J connectivity index is 1.67. The highest BCUT2D eigenvalue weighted by Crippen LogP contribution is 2.12. The summed E-state index contributed by atoms with van der Waals surface area (Å²) in [6.45, 7) is 0.701. The fraction of sp³-hybridized carbons (Fsp3) is 0.300. The molecule has 6 heteroatoms. The summed E-state index contributed by atoms with van der Waals surface area (Å²) in [7, 11) is 4.14. The standard InChI is InChI=1S/C20H24N4OS/c1-24(2)18(11-15-6-4-3-5-7-15)13-21-20-22-17(12-19(25)23-20)10-16-8-9-26-14-16/h3-9,12,14,18H,10-11,13H2,1-2H3,(H2,21,22,23,25)/t18-/m0/s1. The normalized spacial score (nSPS) is 12.3. The molecule has 1 aromatic carbocycles. The van der Waals surface area contributed by atoms with E-state index in [0.29, 0.717) is 25.0 Å². The summed E-state index contributed by atoms with van der Waals surface area (Å²) in [5.41, 5.74) is 3.13. The van der Waals surface area contributed by atoms with Gasteiger partial charge in [0.05, 0.1) is 0 Å². The fourth-order valence-electron chi connectivity index (χ4n) is 2.84. The number of likely N-dealkylation sites (N-methyl/N-ethyl adjacent to an activating group) is 1.